The van der Waals surface area contributed by atoms with E-state index in [1.807, 2.05) is 6.08 Å². The van der Waals surface area contributed by atoms with Gasteiger partial charge in [-0.15, -0.1) is 0 Å². The summed E-state index contributed by atoms with van der Waals surface area (Å²) in [5.74, 6) is 0. The minimum atomic E-state index is 1.05. The molecule has 4 heterocycles. The highest BCUT2D eigenvalue weighted by molar-refractivity contribution is 6.26. The molecule has 65 heavy (non-hydrogen) atoms. The van der Waals surface area contributed by atoms with Gasteiger partial charge in [-0.3, -0.25) is 0 Å². The van der Waals surface area contributed by atoms with Gasteiger partial charge < -0.3 is 18.3 Å². The molecule has 0 spiro atoms. The molecule has 0 aliphatic heterocycles. The van der Waals surface area contributed by atoms with Gasteiger partial charge in [-0.25, -0.2) is 0 Å². The number of aromatic nitrogens is 4. The molecule has 0 saturated heterocycles. The van der Waals surface area contributed by atoms with Gasteiger partial charge in [0.25, 0.3) is 0 Å². The lowest BCUT2D eigenvalue weighted by molar-refractivity contribution is 1.09. The molecule has 13 rings (SSSR count). The van der Waals surface area contributed by atoms with Gasteiger partial charge in [0, 0.05) is 66.0 Å². The van der Waals surface area contributed by atoms with E-state index < -0.39 is 0 Å². The topological polar surface area (TPSA) is 19.7 Å². The quantitative estimate of drug-likeness (QED) is 0.152. The number of nitrogens with zero attached hydrogens (tertiary/aromatic N) is 4. The van der Waals surface area contributed by atoms with Gasteiger partial charge in [0.05, 0.1) is 44.3 Å². The number of hydrogen-bond donors (Lipinski definition) is 0. The van der Waals surface area contributed by atoms with Gasteiger partial charge in [0.1, 0.15) is 0 Å². The Labute approximate surface area is 376 Å². The number of fused-ring (bicyclic) bond motifs is 12. The summed E-state index contributed by atoms with van der Waals surface area (Å²) in [4.78, 5) is 0. The minimum Gasteiger partial charge on any atom is -0.309 e. The molecule has 4 aromatic heterocycles. The number of rotatable bonds is 7. The lowest BCUT2D eigenvalue weighted by atomic mass is 10.0. The zero-order chi connectivity index (χ0) is 43.2. The van der Waals surface area contributed by atoms with E-state index in [1.165, 1.54) is 59.8 Å². The van der Waals surface area contributed by atoms with E-state index in [9.17, 15) is 0 Å². The molecule has 0 aliphatic carbocycles. The fourth-order valence-electron chi connectivity index (χ4n) is 10.8. The first-order valence-electron chi connectivity index (χ1n) is 22.3. The molecule has 0 unspecified atom stereocenters. The summed E-state index contributed by atoms with van der Waals surface area (Å²) < 4.78 is 9.82. The van der Waals surface area contributed by atoms with Crippen molar-refractivity contribution < 1.29 is 0 Å². The monoisotopic (exact) mass is 830 g/mol. The van der Waals surface area contributed by atoms with E-state index in [4.69, 9.17) is 0 Å². The standard InChI is InChI=1S/C61H42N4/c1-3-20-46-48-33-35-56-58(50-28-15-18-31-54(50)62(56)42-23-10-6-11-24-42)60(48)64(52(46)4-2)44-37-41(40-21-8-5-9-22-40)38-45(39-44)65-53-30-17-14-27-47(53)49-34-36-57-59(61(49)65)51-29-16-19-32-55(51)63(57)43-25-12-7-13-26-43/h3-39H,2H2,1H3/b20-3-. The molecule has 0 saturated carbocycles. The van der Waals surface area contributed by atoms with Crippen molar-refractivity contribution in [2.24, 2.45) is 0 Å². The van der Waals surface area contributed by atoms with Crippen LogP contribution < -0.4 is 0 Å². The van der Waals surface area contributed by atoms with Crippen LogP contribution in [0.25, 0.3) is 122 Å². The van der Waals surface area contributed by atoms with Crippen LogP contribution in [0.4, 0.5) is 0 Å². The first-order chi connectivity index (χ1) is 32.2. The Morgan fingerprint density at radius 1 is 0.354 bits per heavy atom. The van der Waals surface area contributed by atoms with Crippen LogP contribution in [0.2, 0.25) is 0 Å². The Morgan fingerprint density at radius 3 is 1.37 bits per heavy atom. The average Bonchev–Trinajstić information content (AvgIpc) is 4.09. The molecule has 9 aromatic carbocycles. The van der Waals surface area contributed by atoms with Crippen molar-refractivity contribution in [1.82, 2.24) is 18.3 Å². The summed E-state index contributed by atoms with van der Waals surface area (Å²) in [6.45, 7) is 6.61. The molecule has 0 bridgehead atoms. The van der Waals surface area contributed by atoms with Gasteiger partial charge in [-0.1, -0.05) is 152 Å². The smallest absolute Gasteiger partial charge is 0.0641 e. The van der Waals surface area contributed by atoms with Gasteiger partial charge >= 0.3 is 0 Å². The maximum Gasteiger partial charge on any atom is 0.0641 e. The average molecular weight is 831 g/mol. The molecular formula is C61H42N4. The highest BCUT2D eigenvalue weighted by Crippen LogP contribution is 2.45. The van der Waals surface area contributed by atoms with Crippen molar-refractivity contribution in [3.05, 3.63) is 230 Å². The number of allylic oxidation sites excluding steroid dienone is 1. The van der Waals surface area contributed by atoms with Crippen LogP contribution in [0.5, 0.6) is 0 Å². The summed E-state index contributed by atoms with van der Waals surface area (Å²) in [6, 6.07) is 75.2. The third-order valence-electron chi connectivity index (χ3n) is 13.4. The van der Waals surface area contributed by atoms with Crippen LogP contribution in [-0.2, 0) is 0 Å². The van der Waals surface area contributed by atoms with E-state index in [2.05, 4.69) is 250 Å². The number of benzene rings is 9. The minimum absolute atomic E-state index is 1.05. The SMILES string of the molecule is C=Cc1c(/C=C\C)c2ccc3c(c4ccccc4n3-c3ccccc3)c2n1-c1cc(-c2ccccc2)cc(-n2c3ccccc3c3ccc4c(c5ccccc5n4-c4ccccc4)c32)c1. The molecule has 0 atom stereocenters. The van der Waals surface area contributed by atoms with Crippen molar-refractivity contribution in [2.45, 2.75) is 6.92 Å². The summed E-state index contributed by atoms with van der Waals surface area (Å²) in [5, 5.41) is 8.49. The Hall–Kier alpha value is -8.60. The summed E-state index contributed by atoms with van der Waals surface area (Å²) >= 11 is 0. The third kappa shape index (κ3) is 5.38. The maximum absolute atomic E-state index is 4.51. The molecule has 4 heteroatoms. The predicted octanol–water partition coefficient (Wildman–Crippen LogP) is 16.3. The summed E-state index contributed by atoms with van der Waals surface area (Å²) in [5.41, 5.74) is 17.1. The third-order valence-corrected chi connectivity index (χ3v) is 13.4. The molecule has 0 radical (unpaired) electrons. The van der Waals surface area contributed by atoms with E-state index in [1.54, 1.807) is 0 Å². The first kappa shape index (κ1) is 37.0. The van der Waals surface area contributed by atoms with Crippen LogP contribution in [0.3, 0.4) is 0 Å². The highest BCUT2D eigenvalue weighted by atomic mass is 15.0. The van der Waals surface area contributed by atoms with Gasteiger partial charge in [0.15, 0.2) is 0 Å². The second-order valence-electron chi connectivity index (χ2n) is 16.9. The molecule has 0 fully saturated rings. The Kier molecular flexibility index (Phi) is 8.24. The van der Waals surface area contributed by atoms with Gasteiger partial charge in [-0.05, 0) is 96.9 Å². The Balaban J connectivity index is 1.20. The molecule has 4 nitrogen and oxygen atoms in total. The second kappa shape index (κ2) is 14.5. The largest absolute Gasteiger partial charge is 0.309 e. The second-order valence-corrected chi connectivity index (χ2v) is 16.9. The van der Waals surface area contributed by atoms with Crippen molar-refractivity contribution in [3.8, 4) is 33.9 Å². The van der Waals surface area contributed by atoms with Crippen molar-refractivity contribution in [2.75, 3.05) is 0 Å². The van der Waals surface area contributed by atoms with E-state index in [-0.39, 0.29) is 0 Å². The Morgan fingerprint density at radius 2 is 0.815 bits per heavy atom. The summed E-state index contributed by atoms with van der Waals surface area (Å²) in [7, 11) is 0. The first-order valence-corrected chi connectivity index (χ1v) is 22.3. The van der Waals surface area contributed by atoms with Gasteiger partial charge in [-0.2, -0.15) is 0 Å². The molecular weight excluding hydrogens is 789 g/mol. The van der Waals surface area contributed by atoms with Crippen LogP contribution >= 0.6 is 0 Å². The fraction of sp³-hybridized carbons (Fsp3) is 0.0164. The van der Waals surface area contributed by atoms with E-state index in [0.29, 0.717) is 0 Å². The maximum atomic E-state index is 4.51. The van der Waals surface area contributed by atoms with Crippen LogP contribution in [0, 0.1) is 0 Å². The number of hydrogen-bond acceptors (Lipinski definition) is 0. The lowest BCUT2D eigenvalue weighted by Crippen LogP contribution is -2.02. The molecule has 0 N–H and O–H groups in total. The van der Waals surface area contributed by atoms with Crippen molar-refractivity contribution >= 4 is 88.5 Å². The number of para-hydroxylation sites is 5. The van der Waals surface area contributed by atoms with Crippen LogP contribution in [0.15, 0.2) is 219 Å². The normalized spacial score (nSPS) is 12.1. The lowest BCUT2D eigenvalue weighted by Gasteiger charge is -2.17. The Bertz CT molecular complexity index is 4060. The fourth-order valence-corrected chi connectivity index (χ4v) is 10.8. The van der Waals surface area contributed by atoms with Crippen LogP contribution in [0.1, 0.15) is 18.2 Å². The van der Waals surface area contributed by atoms with Gasteiger partial charge in [0.2, 0.25) is 0 Å². The van der Waals surface area contributed by atoms with E-state index >= 15 is 0 Å². The highest BCUT2D eigenvalue weighted by Gasteiger charge is 2.25. The zero-order valence-corrected chi connectivity index (χ0v) is 35.9. The van der Waals surface area contributed by atoms with Crippen molar-refractivity contribution in [1.29, 1.82) is 0 Å². The molecule has 0 aliphatic rings. The molecule has 0 amide bonds. The van der Waals surface area contributed by atoms with Crippen LogP contribution in [-0.4, -0.2) is 18.3 Å². The molecule has 306 valence electrons. The molecule has 13 aromatic rings. The van der Waals surface area contributed by atoms with Crippen molar-refractivity contribution in [3.63, 3.8) is 0 Å². The zero-order valence-electron chi connectivity index (χ0n) is 35.9. The predicted molar refractivity (Wildman–Crippen MR) is 277 cm³/mol. The van der Waals surface area contributed by atoms with E-state index in [0.717, 1.165) is 61.7 Å². The summed E-state index contributed by atoms with van der Waals surface area (Å²) in [6.07, 6.45) is 6.42.